The second kappa shape index (κ2) is 12.3. The quantitative estimate of drug-likeness (QED) is 0.195. The summed E-state index contributed by atoms with van der Waals surface area (Å²) in [5, 5.41) is 4.90. The van der Waals surface area contributed by atoms with Crippen LogP contribution in [0.1, 0.15) is 45.4 Å². The summed E-state index contributed by atoms with van der Waals surface area (Å²) in [6, 6.07) is 12.3. The first-order valence-electron chi connectivity index (χ1n) is 10.9. The Bertz CT molecular complexity index is 1130. The predicted molar refractivity (Wildman–Crippen MR) is 134 cm³/mol. The van der Waals surface area contributed by atoms with Crippen LogP contribution in [0.15, 0.2) is 52.4 Å². The molecule has 1 heterocycles. The van der Waals surface area contributed by atoms with Crippen LogP contribution in [-0.4, -0.2) is 27.8 Å². The topological polar surface area (TPSA) is 64.0 Å². The Morgan fingerprint density at radius 2 is 1.91 bits per heavy atom. The Morgan fingerprint density at radius 3 is 2.69 bits per heavy atom. The average molecular weight is 492 g/mol. The highest BCUT2D eigenvalue weighted by Crippen LogP contribution is 2.28. The number of carbonyl (C=O) groups excluding carboxylic acids is 1. The molecule has 0 radical (unpaired) electrons. The van der Waals surface area contributed by atoms with Crippen LogP contribution in [0.2, 0.25) is 10.0 Å². The molecule has 0 bridgehead atoms. The van der Waals surface area contributed by atoms with Gasteiger partial charge in [-0.15, -0.1) is 0 Å². The molecule has 0 saturated carbocycles. The lowest BCUT2D eigenvalue weighted by atomic mass is 10.2. The van der Waals surface area contributed by atoms with Crippen molar-refractivity contribution in [1.82, 2.24) is 14.9 Å². The Labute approximate surface area is 202 Å². The summed E-state index contributed by atoms with van der Waals surface area (Å²) in [5.74, 6) is 0.714. The van der Waals surface area contributed by atoms with Crippen LogP contribution >= 0.6 is 35.0 Å². The van der Waals surface area contributed by atoms with Gasteiger partial charge in [0.15, 0.2) is 5.16 Å². The molecule has 5 nitrogen and oxygen atoms in total. The number of benzene rings is 2. The molecule has 0 aliphatic heterocycles. The maximum Gasteiger partial charge on any atom is 0.266 e. The summed E-state index contributed by atoms with van der Waals surface area (Å²) in [6.45, 7) is 2.90. The zero-order valence-electron chi connectivity index (χ0n) is 18.1. The van der Waals surface area contributed by atoms with Crippen LogP contribution < -0.4 is 10.9 Å². The molecular formula is C24H27Cl2N3O2S. The highest BCUT2D eigenvalue weighted by atomic mass is 35.5. The largest absolute Gasteiger partial charge is 0.356 e. The van der Waals surface area contributed by atoms with Gasteiger partial charge in [-0.2, -0.15) is 0 Å². The number of rotatable bonds is 11. The van der Waals surface area contributed by atoms with Gasteiger partial charge in [0.1, 0.15) is 0 Å². The summed E-state index contributed by atoms with van der Waals surface area (Å²) in [4.78, 5) is 30.0. The highest BCUT2D eigenvalue weighted by molar-refractivity contribution is 7.99. The molecule has 170 valence electrons. The van der Waals surface area contributed by atoms with Gasteiger partial charge >= 0.3 is 0 Å². The maximum atomic E-state index is 13.3. The molecular weight excluding hydrogens is 465 g/mol. The zero-order chi connectivity index (χ0) is 22.9. The lowest BCUT2D eigenvalue weighted by Gasteiger charge is -2.14. The molecule has 2 aromatic carbocycles. The van der Waals surface area contributed by atoms with E-state index in [1.165, 1.54) is 29.2 Å². The van der Waals surface area contributed by atoms with Crippen molar-refractivity contribution in [2.75, 3.05) is 12.3 Å². The number of thioether (sulfide) groups is 1. The minimum atomic E-state index is -0.188. The van der Waals surface area contributed by atoms with Gasteiger partial charge in [-0.3, -0.25) is 14.2 Å². The third-order valence-electron chi connectivity index (χ3n) is 5.03. The second-order valence-corrected chi connectivity index (χ2v) is 9.42. The molecule has 0 fully saturated rings. The number of carbonyl (C=O) groups is 1. The van der Waals surface area contributed by atoms with Crippen molar-refractivity contribution in [2.45, 2.75) is 50.6 Å². The number of amides is 1. The minimum absolute atomic E-state index is 0.0618. The maximum absolute atomic E-state index is 13.3. The van der Waals surface area contributed by atoms with Crippen molar-refractivity contribution >= 4 is 51.8 Å². The number of para-hydroxylation sites is 1. The van der Waals surface area contributed by atoms with Gasteiger partial charge < -0.3 is 5.32 Å². The fourth-order valence-electron chi connectivity index (χ4n) is 3.35. The SMILES string of the molecule is CCCCCCNC(=O)CCCSc1nc2ccccc2c(=O)n1-c1ccc(Cl)cc1Cl. The molecule has 1 N–H and O–H groups in total. The van der Waals surface area contributed by atoms with E-state index in [9.17, 15) is 9.59 Å². The molecule has 0 aliphatic carbocycles. The van der Waals surface area contributed by atoms with Gasteiger partial charge in [0.25, 0.3) is 5.56 Å². The molecule has 3 rings (SSSR count). The standard InChI is InChI=1S/C24H27Cl2N3O2S/c1-2-3-4-7-14-27-22(30)11-8-15-32-24-28-20-10-6-5-9-18(20)23(31)29(24)21-13-12-17(25)16-19(21)26/h5-6,9-10,12-13,16H,2-4,7-8,11,14-15H2,1H3,(H,27,30). The van der Waals surface area contributed by atoms with Crippen molar-refractivity contribution < 1.29 is 4.79 Å². The van der Waals surface area contributed by atoms with E-state index in [-0.39, 0.29) is 11.5 Å². The molecule has 1 aromatic heterocycles. The zero-order valence-corrected chi connectivity index (χ0v) is 20.4. The van der Waals surface area contributed by atoms with E-state index in [2.05, 4.69) is 12.2 Å². The molecule has 8 heteroatoms. The fraction of sp³-hybridized carbons (Fsp3) is 0.375. The summed E-state index contributed by atoms with van der Waals surface area (Å²) < 4.78 is 1.53. The van der Waals surface area contributed by atoms with Crippen LogP contribution in [0, 0.1) is 0 Å². The third-order valence-corrected chi connectivity index (χ3v) is 6.59. The van der Waals surface area contributed by atoms with E-state index in [1.807, 2.05) is 18.2 Å². The van der Waals surface area contributed by atoms with Crippen LogP contribution in [0.3, 0.4) is 0 Å². The normalized spacial score (nSPS) is 11.1. The molecule has 3 aromatic rings. The van der Waals surface area contributed by atoms with Crippen LogP contribution in [-0.2, 0) is 4.79 Å². The number of nitrogens with one attached hydrogen (secondary N) is 1. The molecule has 0 saturated heterocycles. The smallest absolute Gasteiger partial charge is 0.266 e. The Kier molecular flexibility index (Phi) is 9.45. The van der Waals surface area contributed by atoms with E-state index in [4.69, 9.17) is 28.2 Å². The number of aromatic nitrogens is 2. The predicted octanol–water partition coefficient (Wildman–Crippen LogP) is 6.26. The number of fused-ring (bicyclic) bond motifs is 1. The van der Waals surface area contributed by atoms with Gasteiger partial charge in [-0.25, -0.2) is 4.98 Å². The van der Waals surface area contributed by atoms with Gasteiger partial charge in [0.05, 0.1) is 21.6 Å². The van der Waals surface area contributed by atoms with Crippen molar-refractivity contribution in [1.29, 1.82) is 0 Å². The Balaban J connectivity index is 1.72. The van der Waals surface area contributed by atoms with Crippen molar-refractivity contribution in [2.24, 2.45) is 0 Å². The molecule has 0 aliphatic rings. The third kappa shape index (κ3) is 6.50. The van der Waals surface area contributed by atoms with Crippen LogP contribution in [0.25, 0.3) is 16.6 Å². The number of hydrogen-bond acceptors (Lipinski definition) is 4. The van der Waals surface area contributed by atoms with Crippen molar-refractivity contribution in [3.05, 3.63) is 62.9 Å². The molecule has 0 spiro atoms. The summed E-state index contributed by atoms with van der Waals surface area (Å²) >= 11 is 13.9. The molecule has 0 atom stereocenters. The van der Waals surface area contributed by atoms with Crippen molar-refractivity contribution in [3.63, 3.8) is 0 Å². The average Bonchev–Trinajstić information content (AvgIpc) is 2.77. The fourth-order valence-corrected chi connectivity index (χ4v) is 4.79. The van der Waals surface area contributed by atoms with Gasteiger partial charge in [-0.05, 0) is 43.2 Å². The van der Waals surface area contributed by atoms with E-state index in [1.54, 1.807) is 24.3 Å². The van der Waals surface area contributed by atoms with E-state index < -0.39 is 0 Å². The summed E-state index contributed by atoms with van der Waals surface area (Å²) in [7, 11) is 0. The Morgan fingerprint density at radius 1 is 1.09 bits per heavy atom. The van der Waals surface area contributed by atoms with Crippen molar-refractivity contribution in [3.8, 4) is 5.69 Å². The minimum Gasteiger partial charge on any atom is -0.356 e. The molecule has 32 heavy (non-hydrogen) atoms. The summed E-state index contributed by atoms with van der Waals surface area (Å²) in [6.07, 6.45) is 5.67. The second-order valence-electron chi connectivity index (χ2n) is 7.51. The Hall–Kier alpha value is -2.02. The monoisotopic (exact) mass is 491 g/mol. The van der Waals surface area contributed by atoms with E-state index in [0.29, 0.717) is 50.4 Å². The number of halogens is 2. The molecule has 1 amide bonds. The molecule has 0 unspecified atom stereocenters. The van der Waals surface area contributed by atoms with Crippen LogP contribution in [0.4, 0.5) is 0 Å². The summed E-state index contributed by atoms with van der Waals surface area (Å²) in [5.41, 5.74) is 0.977. The first-order chi connectivity index (χ1) is 15.5. The van der Waals surface area contributed by atoms with Gasteiger partial charge in [-0.1, -0.05) is 73.3 Å². The lowest BCUT2D eigenvalue weighted by molar-refractivity contribution is -0.121. The first-order valence-corrected chi connectivity index (χ1v) is 12.6. The van der Waals surface area contributed by atoms with Gasteiger partial charge in [0.2, 0.25) is 5.91 Å². The highest BCUT2D eigenvalue weighted by Gasteiger charge is 2.16. The van der Waals surface area contributed by atoms with E-state index in [0.717, 1.165) is 19.4 Å². The van der Waals surface area contributed by atoms with Gasteiger partial charge in [0, 0.05) is 23.7 Å². The number of unbranched alkanes of at least 4 members (excludes halogenated alkanes) is 3. The first kappa shape index (κ1) is 24.6. The van der Waals surface area contributed by atoms with Crippen LogP contribution in [0.5, 0.6) is 0 Å². The number of hydrogen-bond donors (Lipinski definition) is 1. The lowest BCUT2D eigenvalue weighted by Crippen LogP contribution is -2.24. The van der Waals surface area contributed by atoms with E-state index >= 15 is 0 Å². The number of nitrogens with zero attached hydrogens (tertiary/aromatic N) is 2.